The van der Waals surface area contributed by atoms with E-state index >= 15 is 0 Å². The Morgan fingerprint density at radius 2 is 2.11 bits per heavy atom. The molecule has 1 saturated carbocycles. The van der Waals surface area contributed by atoms with Gasteiger partial charge in [-0.3, -0.25) is 0 Å². The lowest BCUT2D eigenvalue weighted by atomic mass is 9.95. The Balaban J connectivity index is 1.70. The normalized spacial score (nSPS) is 28.9. The Morgan fingerprint density at radius 1 is 1.37 bits per heavy atom. The van der Waals surface area contributed by atoms with Crippen LogP contribution < -0.4 is 4.72 Å². The minimum Gasteiger partial charge on any atom is -0.202 e. The summed E-state index contributed by atoms with van der Waals surface area (Å²) in [5, 5.41) is 0. The Bertz CT molecular complexity index is 597. The summed E-state index contributed by atoms with van der Waals surface area (Å²) >= 11 is 0. The summed E-state index contributed by atoms with van der Waals surface area (Å²) in [6.07, 6.45) is 3.41. The van der Waals surface area contributed by atoms with Gasteiger partial charge >= 0.3 is 0 Å². The van der Waals surface area contributed by atoms with Gasteiger partial charge in [-0.15, -0.1) is 0 Å². The molecule has 19 heavy (non-hydrogen) atoms. The molecule has 1 fully saturated rings. The van der Waals surface area contributed by atoms with Crippen molar-refractivity contribution < 1.29 is 8.42 Å². The second-order valence-corrected chi connectivity index (χ2v) is 7.82. The van der Waals surface area contributed by atoms with E-state index in [-0.39, 0.29) is 5.41 Å². The topological polar surface area (TPSA) is 49.4 Å². The van der Waals surface area contributed by atoms with Crippen molar-refractivity contribution in [3.8, 4) is 0 Å². The standard InChI is InChI=1S/C14H20N2O2S/c1-16(2)19(17,18)15-10-12-9-14(12)8-7-11-5-3-4-6-13(11)14/h3-6,12,15H,7-10H2,1-2H3. The third-order valence-corrected chi connectivity index (χ3v) is 6.11. The monoisotopic (exact) mass is 280 g/mol. The van der Waals surface area contributed by atoms with Gasteiger partial charge in [0.25, 0.3) is 10.2 Å². The van der Waals surface area contributed by atoms with E-state index < -0.39 is 10.2 Å². The maximum absolute atomic E-state index is 11.7. The Labute approximate surface area is 115 Å². The van der Waals surface area contributed by atoms with Gasteiger partial charge in [0.1, 0.15) is 0 Å². The van der Waals surface area contributed by atoms with Gasteiger partial charge in [-0.2, -0.15) is 12.7 Å². The molecule has 2 atom stereocenters. The Kier molecular flexibility index (Phi) is 2.96. The highest BCUT2D eigenvalue weighted by Crippen LogP contribution is 2.61. The van der Waals surface area contributed by atoms with E-state index in [1.807, 2.05) is 0 Å². The molecular formula is C14H20N2O2S. The van der Waals surface area contributed by atoms with Crippen molar-refractivity contribution in [1.82, 2.24) is 9.03 Å². The molecule has 104 valence electrons. The lowest BCUT2D eigenvalue weighted by molar-refractivity contribution is 0.496. The molecule has 0 heterocycles. The molecule has 2 aliphatic rings. The van der Waals surface area contributed by atoms with Crippen LogP contribution in [0.4, 0.5) is 0 Å². The van der Waals surface area contributed by atoms with Crippen molar-refractivity contribution in [3.63, 3.8) is 0 Å². The third-order valence-electron chi connectivity index (χ3n) is 4.62. The first-order valence-corrected chi connectivity index (χ1v) is 8.15. The molecule has 0 aromatic heterocycles. The van der Waals surface area contributed by atoms with Crippen LogP contribution in [0, 0.1) is 5.92 Å². The second-order valence-electron chi connectivity index (χ2n) is 5.85. The summed E-state index contributed by atoms with van der Waals surface area (Å²) in [7, 11) is -0.191. The first-order chi connectivity index (χ1) is 8.96. The molecule has 4 nitrogen and oxygen atoms in total. The number of hydrogen-bond acceptors (Lipinski definition) is 2. The van der Waals surface area contributed by atoms with E-state index in [1.54, 1.807) is 14.1 Å². The van der Waals surface area contributed by atoms with Crippen molar-refractivity contribution >= 4 is 10.2 Å². The van der Waals surface area contributed by atoms with Crippen LogP contribution in [0.15, 0.2) is 24.3 Å². The number of nitrogens with zero attached hydrogens (tertiary/aromatic N) is 1. The summed E-state index contributed by atoms with van der Waals surface area (Å²) in [6.45, 7) is 0.550. The van der Waals surface area contributed by atoms with Gasteiger partial charge < -0.3 is 0 Å². The number of hydrogen-bond donors (Lipinski definition) is 1. The highest BCUT2D eigenvalue weighted by molar-refractivity contribution is 7.87. The van der Waals surface area contributed by atoms with Crippen LogP contribution in [-0.4, -0.2) is 33.4 Å². The number of benzene rings is 1. The zero-order valence-electron chi connectivity index (χ0n) is 11.4. The molecular weight excluding hydrogens is 260 g/mol. The molecule has 0 radical (unpaired) electrons. The number of nitrogens with one attached hydrogen (secondary N) is 1. The van der Waals surface area contributed by atoms with Crippen molar-refractivity contribution in [3.05, 3.63) is 35.4 Å². The third kappa shape index (κ3) is 2.10. The lowest BCUT2D eigenvalue weighted by Gasteiger charge is -2.14. The maximum Gasteiger partial charge on any atom is 0.278 e. The average Bonchev–Trinajstić information content (AvgIpc) is 2.96. The molecule has 0 aliphatic heterocycles. The van der Waals surface area contributed by atoms with Crippen LogP contribution in [0.5, 0.6) is 0 Å². The fourth-order valence-corrected chi connectivity index (χ4v) is 4.01. The predicted molar refractivity (Wildman–Crippen MR) is 75.2 cm³/mol. The molecule has 3 rings (SSSR count). The lowest BCUT2D eigenvalue weighted by Crippen LogP contribution is -2.37. The number of rotatable bonds is 4. The van der Waals surface area contributed by atoms with Gasteiger partial charge in [0.05, 0.1) is 0 Å². The van der Waals surface area contributed by atoms with Crippen molar-refractivity contribution in [2.75, 3.05) is 20.6 Å². The first-order valence-electron chi connectivity index (χ1n) is 6.71. The van der Waals surface area contributed by atoms with Gasteiger partial charge in [-0.05, 0) is 36.3 Å². The van der Waals surface area contributed by atoms with Crippen molar-refractivity contribution in [1.29, 1.82) is 0 Å². The molecule has 0 amide bonds. The smallest absolute Gasteiger partial charge is 0.202 e. The fraction of sp³-hybridized carbons (Fsp3) is 0.571. The van der Waals surface area contributed by atoms with Crippen molar-refractivity contribution in [2.24, 2.45) is 5.92 Å². The van der Waals surface area contributed by atoms with Crippen molar-refractivity contribution in [2.45, 2.75) is 24.7 Å². The van der Waals surface area contributed by atoms with E-state index in [1.165, 1.54) is 21.9 Å². The quantitative estimate of drug-likeness (QED) is 0.903. The van der Waals surface area contributed by atoms with Gasteiger partial charge in [0.15, 0.2) is 0 Å². The minimum absolute atomic E-state index is 0.255. The van der Waals surface area contributed by atoms with Crippen LogP contribution in [0.1, 0.15) is 24.0 Å². The van der Waals surface area contributed by atoms with Crippen LogP contribution in [-0.2, 0) is 22.0 Å². The molecule has 1 N–H and O–H groups in total. The largest absolute Gasteiger partial charge is 0.278 e. The second kappa shape index (κ2) is 4.30. The summed E-state index contributed by atoms with van der Waals surface area (Å²) < 4.78 is 27.4. The maximum atomic E-state index is 11.7. The Hall–Kier alpha value is -0.910. The minimum atomic E-state index is -3.29. The van der Waals surface area contributed by atoms with E-state index in [0.717, 1.165) is 12.8 Å². The highest BCUT2D eigenvalue weighted by Gasteiger charge is 2.57. The van der Waals surface area contributed by atoms with Crippen LogP contribution in [0.25, 0.3) is 0 Å². The first kappa shape index (κ1) is 13.1. The van der Waals surface area contributed by atoms with Crippen LogP contribution >= 0.6 is 0 Å². The summed E-state index contributed by atoms with van der Waals surface area (Å²) in [4.78, 5) is 0. The zero-order chi connectivity index (χ0) is 13.7. The fourth-order valence-electron chi connectivity index (χ4n) is 3.34. The molecule has 1 aromatic carbocycles. The SMILES string of the molecule is CN(C)S(=O)(=O)NCC1CC12CCc1ccccc12. The highest BCUT2D eigenvalue weighted by atomic mass is 32.2. The van der Waals surface area contributed by atoms with E-state index in [9.17, 15) is 8.42 Å². The number of fused-ring (bicyclic) bond motifs is 2. The molecule has 0 bridgehead atoms. The van der Waals surface area contributed by atoms with E-state index in [4.69, 9.17) is 0 Å². The average molecular weight is 280 g/mol. The molecule has 2 unspecified atom stereocenters. The Morgan fingerprint density at radius 3 is 2.84 bits per heavy atom. The number of aryl methyl sites for hydroxylation is 1. The van der Waals surface area contributed by atoms with Gasteiger partial charge in [0.2, 0.25) is 0 Å². The van der Waals surface area contributed by atoms with Gasteiger partial charge in [0, 0.05) is 26.1 Å². The van der Waals surface area contributed by atoms with Gasteiger partial charge in [-0.1, -0.05) is 24.3 Å². The van der Waals surface area contributed by atoms with Crippen LogP contribution in [0.3, 0.4) is 0 Å². The van der Waals surface area contributed by atoms with Gasteiger partial charge in [-0.25, -0.2) is 4.72 Å². The zero-order valence-corrected chi connectivity index (χ0v) is 12.2. The molecule has 1 aromatic rings. The predicted octanol–water partition coefficient (Wildman–Crippen LogP) is 1.29. The molecule has 5 heteroatoms. The van der Waals surface area contributed by atoms with E-state index in [2.05, 4.69) is 29.0 Å². The molecule has 1 spiro atoms. The van der Waals surface area contributed by atoms with E-state index in [0.29, 0.717) is 12.5 Å². The summed E-state index contributed by atoms with van der Waals surface area (Å²) in [5.41, 5.74) is 3.15. The van der Waals surface area contributed by atoms with Crippen LogP contribution in [0.2, 0.25) is 0 Å². The summed E-state index contributed by atoms with van der Waals surface area (Å²) in [5.74, 6) is 0.450. The molecule has 0 saturated heterocycles. The molecule has 2 aliphatic carbocycles. The summed E-state index contributed by atoms with van der Waals surface area (Å²) in [6, 6.07) is 8.58.